The highest BCUT2D eigenvalue weighted by molar-refractivity contribution is 5.85. The van der Waals surface area contributed by atoms with Crippen molar-refractivity contribution in [2.24, 2.45) is 11.8 Å². The van der Waals surface area contributed by atoms with Crippen LogP contribution in [0.3, 0.4) is 0 Å². The highest BCUT2D eigenvalue weighted by Gasteiger charge is 2.29. The Hall–Kier alpha value is -0.810. The summed E-state index contributed by atoms with van der Waals surface area (Å²) in [6.45, 7) is 8.25. The van der Waals surface area contributed by atoms with Crippen molar-refractivity contribution >= 4 is 24.3 Å². The molecule has 1 N–H and O–H groups in total. The second-order valence-corrected chi connectivity index (χ2v) is 5.99. The van der Waals surface area contributed by atoms with E-state index in [1.165, 1.54) is 6.42 Å². The molecule has 3 unspecified atom stereocenters. The molecule has 20 heavy (non-hydrogen) atoms. The van der Waals surface area contributed by atoms with Crippen molar-refractivity contribution in [2.75, 3.05) is 26.7 Å². The Morgan fingerprint density at radius 3 is 2.25 bits per heavy atom. The summed E-state index contributed by atoms with van der Waals surface area (Å²) in [6, 6.07) is -0.253. The fraction of sp³-hybridized carbons (Fsp3) is 0.857. The number of likely N-dealkylation sites (tertiary alicyclic amines) is 1. The quantitative estimate of drug-likeness (QED) is 0.840. The van der Waals surface area contributed by atoms with Gasteiger partial charge in [-0.2, -0.15) is 0 Å². The van der Waals surface area contributed by atoms with Crippen LogP contribution in [0.5, 0.6) is 0 Å². The number of hydrogen-bond acceptors (Lipinski definition) is 3. The van der Waals surface area contributed by atoms with Gasteiger partial charge in [0, 0.05) is 19.6 Å². The highest BCUT2D eigenvalue weighted by Crippen LogP contribution is 2.22. The van der Waals surface area contributed by atoms with Crippen LogP contribution >= 0.6 is 12.4 Å². The Bertz CT molecular complexity index is 328. The molecule has 1 saturated heterocycles. The molecule has 0 radical (unpaired) electrons. The summed E-state index contributed by atoms with van der Waals surface area (Å²) in [7, 11) is 1.81. The summed E-state index contributed by atoms with van der Waals surface area (Å²) in [4.78, 5) is 26.7. The minimum Gasteiger partial charge on any atom is -0.481 e. The van der Waals surface area contributed by atoms with Crippen LogP contribution in [0.15, 0.2) is 0 Å². The molecule has 6 heteroatoms. The Morgan fingerprint density at radius 1 is 1.30 bits per heavy atom. The number of hydrogen-bond donors (Lipinski definition) is 1. The van der Waals surface area contributed by atoms with E-state index in [1.54, 1.807) is 0 Å². The van der Waals surface area contributed by atoms with Gasteiger partial charge in [-0.15, -0.1) is 12.4 Å². The zero-order valence-corrected chi connectivity index (χ0v) is 13.7. The first kappa shape index (κ1) is 19.2. The topological polar surface area (TPSA) is 60.9 Å². The molecule has 1 fully saturated rings. The summed E-state index contributed by atoms with van der Waals surface area (Å²) in [5.74, 6) is 0.381. The van der Waals surface area contributed by atoms with Gasteiger partial charge in [0.15, 0.2) is 0 Å². The molecule has 0 aliphatic carbocycles. The number of halogens is 1. The van der Waals surface area contributed by atoms with Crippen molar-refractivity contribution in [2.45, 2.75) is 39.7 Å². The van der Waals surface area contributed by atoms with Gasteiger partial charge in [0.25, 0.3) is 0 Å². The van der Waals surface area contributed by atoms with Crippen LogP contribution < -0.4 is 0 Å². The van der Waals surface area contributed by atoms with E-state index < -0.39 is 5.97 Å². The standard InChI is InChI=1S/C14H26N2O3.ClH/c1-10-7-11(2)9-16(8-10)14(19)12(3)15(4)6-5-13(17)18;/h10-12H,5-9H2,1-4H3,(H,17,18);1H. The molecule has 1 rings (SSSR count). The number of nitrogens with zero attached hydrogens (tertiary/aromatic N) is 2. The lowest BCUT2D eigenvalue weighted by molar-refractivity contribution is -0.141. The maximum Gasteiger partial charge on any atom is 0.304 e. The third-order valence-electron chi connectivity index (χ3n) is 3.88. The fourth-order valence-corrected chi connectivity index (χ4v) is 2.76. The summed E-state index contributed by atoms with van der Waals surface area (Å²) >= 11 is 0. The number of aliphatic carboxylic acids is 1. The van der Waals surface area contributed by atoms with Crippen molar-refractivity contribution in [1.29, 1.82) is 0 Å². The van der Waals surface area contributed by atoms with E-state index in [1.807, 2.05) is 23.8 Å². The Kier molecular flexibility index (Phi) is 8.13. The molecule has 0 bridgehead atoms. The number of carboxylic acid groups (broad SMARTS) is 1. The minimum atomic E-state index is -0.827. The molecule has 0 aromatic carbocycles. The summed E-state index contributed by atoms with van der Waals surface area (Å²) < 4.78 is 0. The van der Waals surface area contributed by atoms with Crippen molar-refractivity contribution < 1.29 is 14.7 Å². The van der Waals surface area contributed by atoms with E-state index in [0.29, 0.717) is 18.4 Å². The largest absolute Gasteiger partial charge is 0.481 e. The third-order valence-corrected chi connectivity index (χ3v) is 3.88. The summed E-state index contributed by atoms with van der Waals surface area (Å²) in [6.07, 6.45) is 1.24. The predicted octanol–water partition coefficient (Wildman–Crippen LogP) is 1.71. The fourth-order valence-electron chi connectivity index (χ4n) is 2.76. The van der Waals surface area contributed by atoms with Gasteiger partial charge in [-0.1, -0.05) is 13.8 Å². The van der Waals surface area contributed by atoms with Crippen LogP contribution in [0.1, 0.15) is 33.6 Å². The molecule has 5 nitrogen and oxygen atoms in total. The molecule has 0 saturated carbocycles. The molecule has 1 amide bonds. The lowest BCUT2D eigenvalue weighted by Gasteiger charge is -2.38. The number of carboxylic acids is 1. The van der Waals surface area contributed by atoms with E-state index in [9.17, 15) is 9.59 Å². The first-order chi connectivity index (χ1) is 8.81. The number of rotatable bonds is 5. The van der Waals surface area contributed by atoms with Gasteiger partial charge in [0.2, 0.25) is 5.91 Å². The third kappa shape index (κ3) is 5.67. The van der Waals surface area contributed by atoms with Crippen LogP contribution in [0.4, 0.5) is 0 Å². The van der Waals surface area contributed by atoms with Crippen LogP contribution in [-0.2, 0) is 9.59 Å². The lowest BCUT2D eigenvalue weighted by atomic mass is 9.91. The molecule has 0 spiro atoms. The van der Waals surface area contributed by atoms with Gasteiger partial charge in [-0.25, -0.2) is 0 Å². The number of amides is 1. The van der Waals surface area contributed by atoms with Crippen molar-refractivity contribution in [3.05, 3.63) is 0 Å². The summed E-state index contributed by atoms with van der Waals surface area (Å²) in [5, 5.41) is 8.68. The molecule has 1 aliphatic heterocycles. The van der Waals surface area contributed by atoms with Gasteiger partial charge >= 0.3 is 5.97 Å². The van der Waals surface area contributed by atoms with E-state index in [4.69, 9.17) is 5.11 Å². The SMILES string of the molecule is CC1CC(C)CN(C(=O)C(C)N(C)CCC(=O)O)C1.Cl. The predicted molar refractivity (Wildman–Crippen MR) is 81.1 cm³/mol. The molecule has 0 aromatic heterocycles. The number of carbonyl (C=O) groups is 2. The molecular weight excluding hydrogens is 280 g/mol. The summed E-state index contributed by atoms with van der Waals surface area (Å²) in [5.41, 5.74) is 0. The van der Waals surface area contributed by atoms with Crippen molar-refractivity contribution in [3.8, 4) is 0 Å². The second kappa shape index (κ2) is 8.47. The molecular formula is C14H27ClN2O3. The number of likely N-dealkylation sites (N-methyl/N-ethyl adjacent to an activating group) is 1. The molecule has 1 aliphatic rings. The number of piperidine rings is 1. The number of carbonyl (C=O) groups excluding carboxylic acids is 1. The average molecular weight is 307 g/mol. The van der Waals surface area contributed by atoms with Crippen LogP contribution in [0.25, 0.3) is 0 Å². The van der Waals surface area contributed by atoms with Gasteiger partial charge in [-0.3, -0.25) is 14.5 Å². The Labute approximate surface area is 127 Å². The first-order valence-electron chi connectivity index (χ1n) is 7.02. The molecule has 0 aromatic rings. The van der Waals surface area contributed by atoms with Gasteiger partial charge in [0.05, 0.1) is 12.5 Å². The van der Waals surface area contributed by atoms with Crippen LogP contribution in [0, 0.1) is 11.8 Å². The second-order valence-electron chi connectivity index (χ2n) is 5.99. The van der Waals surface area contributed by atoms with Crippen molar-refractivity contribution in [1.82, 2.24) is 9.80 Å². The van der Waals surface area contributed by atoms with E-state index in [0.717, 1.165) is 13.1 Å². The van der Waals surface area contributed by atoms with E-state index >= 15 is 0 Å². The Morgan fingerprint density at radius 2 is 1.80 bits per heavy atom. The van der Waals surface area contributed by atoms with Gasteiger partial charge < -0.3 is 10.0 Å². The maximum atomic E-state index is 12.4. The minimum absolute atomic E-state index is 0. The van der Waals surface area contributed by atoms with Crippen LogP contribution in [0.2, 0.25) is 0 Å². The smallest absolute Gasteiger partial charge is 0.304 e. The van der Waals surface area contributed by atoms with Gasteiger partial charge in [-0.05, 0) is 32.2 Å². The highest BCUT2D eigenvalue weighted by atomic mass is 35.5. The maximum absolute atomic E-state index is 12.4. The van der Waals surface area contributed by atoms with Gasteiger partial charge in [0.1, 0.15) is 0 Å². The lowest BCUT2D eigenvalue weighted by Crippen LogP contribution is -2.50. The van der Waals surface area contributed by atoms with E-state index in [-0.39, 0.29) is 30.8 Å². The van der Waals surface area contributed by atoms with E-state index in [2.05, 4.69) is 13.8 Å². The zero-order chi connectivity index (χ0) is 14.6. The van der Waals surface area contributed by atoms with Crippen LogP contribution in [-0.4, -0.2) is 59.5 Å². The zero-order valence-electron chi connectivity index (χ0n) is 12.8. The molecule has 3 atom stereocenters. The van der Waals surface area contributed by atoms with Crippen molar-refractivity contribution in [3.63, 3.8) is 0 Å². The average Bonchev–Trinajstić information content (AvgIpc) is 2.32. The normalized spacial score (nSPS) is 24.1. The Balaban J connectivity index is 0.00000361. The monoisotopic (exact) mass is 306 g/mol. The molecule has 1 heterocycles. The first-order valence-corrected chi connectivity index (χ1v) is 7.02. The molecule has 118 valence electrons.